The van der Waals surface area contributed by atoms with Crippen LogP contribution in [0.1, 0.15) is 35.4 Å². The van der Waals surface area contributed by atoms with Crippen molar-refractivity contribution in [2.45, 2.75) is 24.0 Å². The number of hydrogen-bond acceptors (Lipinski definition) is 7. The van der Waals surface area contributed by atoms with Crippen molar-refractivity contribution in [3.8, 4) is 11.3 Å². The van der Waals surface area contributed by atoms with Crippen LogP contribution in [0.15, 0.2) is 116 Å². The fourth-order valence-electron chi connectivity index (χ4n) is 5.11. The highest BCUT2D eigenvalue weighted by Crippen LogP contribution is 2.36. The molecule has 6 rings (SSSR count). The summed E-state index contributed by atoms with van der Waals surface area (Å²) in [4.78, 5) is 33.9. The normalized spacial score (nSPS) is 15.1. The van der Waals surface area contributed by atoms with Crippen LogP contribution in [-0.2, 0) is 15.7 Å². The molecule has 228 valence electrons. The highest BCUT2D eigenvalue weighted by molar-refractivity contribution is 7.98. The second-order valence-corrected chi connectivity index (χ2v) is 11.9. The Kier molecular flexibility index (Phi) is 8.39. The molecule has 0 fully saturated rings. The van der Waals surface area contributed by atoms with Gasteiger partial charge in [0.05, 0.1) is 34.0 Å². The Bertz CT molecular complexity index is 2090. The molecule has 5 aromatic rings. The third-order valence-corrected chi connectivity index (χ3v) is 8.91. The van der Waals surface area contributed by atoms with E-state index in [9.17, 15) is 22.8 Å². The molecule has 2 aromatic heterocycles. The molecule has 45 heavy (non-hydrogen) atoms. The van der Waals surface area contributed by atoms with Crippen LogP contribution in [0.5, 0.6) is 0 Å². The zero-order valence-corrected chi connectivity index (χ0v) is 25.6. The minimum atomic E-state index is -4.49. The number of fused-ring (bicyclic) bond motifs is 1. The first-order chi connectivity index (χ1) is 21.7. The predicted octanol–water partition coefficient (Wildman–Crippen LogP) is 6.94. The molecule has 0 aliphatic carbocycles. The largest absolute Gasteiger partial charge is 0.463 e. The van der Waals surface area contributed by atoms with Gasteiger partial charge in [0.2, 0.25) is 0 Å². The maximum Gasteiger partial charge on any atom is 0.416 e. The minimum absolute atomic E-state index is 0.139. The fourth-order valence-corrected chi connectivity index (χ4v) is 6.49. The number of esters is 1. The molecule has 0 radical (unpaired) electrons. The van der Waals surface area contributed by atoms with Crippen LogP contribution in [0.25, 0.3) is 23.1 Å². The predicted molar refractivity (Wildman–Crippen MR) is 168 cm³/mol. The Morgan fingerprint density at radius 2 is 1.76 bits per heavy atom. The second kappa shape index (κ2) is 12.4. The summed E-state index contributed by atoms with van der Waals surface area (Å²) >= 11 is 2.70. The molecule has 3 heterocycles. The summed E-state index contributed by atoms with van der Waals surface area (Å²) < 4.78 is 52.9. The van der Waals surface area contributed by atoms with E-state index < -0.39 is 29.3 Å². The van der Waals surface area contributed by atoms with Gasteiger partial charge in [-0.1, -0.05) is 65.9 Å². The number of rotatable bonds is 7. The average Bonchev–Trinajstić information content (AvgIpc) is 3.64. The molecule has 0 unspecified atom stereocenters. The van der Waals surface area contributed by atoms with E-state index >= 15 is 0 Å². The SMILES string of the molecule is CCOC(=O)C1=C(c2ccccc2)N=c2s/c(=C\c3ccc(-c4cccc(C(F)(F)F)c4)o3)c(=O)n2[C@@H]1c1ccc(SC)cc1. The van der Waals surface area contributed by atoms with Crippen LogP contribution in [0.2, 0.25) is 0 Å². The molecule has 0 spiro atoms. The Morgan fingerprint density at radius 3 is 2.44 bits per heavy atom. The lowest BCUT2D eigenvalue weighted by Crippen LogP contribution is -2.40. The molecule has 0 bridgehead atoms. The number of thioether (sulfide) groups is 1. The van der Waals surface area contributed by atoms with Gasteiger partial charge < -0.3 is 9.15 Å². The number of carbonyl (C=O) groups is 1. The molecule has 3 aromatic carbocycles. The van der Waals surface area contributed by atoms with Gasteiger partial charge >= 0.3 is 12.1 Å². The summed E-state index contributed by atoms with van der Waals surface area (Å²) in [5.74, 6) is -0.0747. The van der Waals surface area contributed by atoms with E-state index in [1.165, 1.54) is 22.8 Å². The van der Waals surface area contributed by atoms with Crippen LogP contribution in [0, 0.1) is 0 Å². The van der Waals surface area contributed by atoms with Gasteiger partial charge in [0.15, 0.2) is 4.80 Å². The Labute approximate surface area is 263 Å². The van der Waals surface area contributed by atoms with Crippen molar-refractivity contribution in [2.75, 3.05) is 12.9 Å². The molecule has 0 N–H and O–H groups in total. The third kappa shape index (κ3) is 6.05. The topological polar surface area (TPSA) is 73.8 Å². The fraction of sp³-hybridized carbons (Fsp3) is 0.147. The van der Waals surface area contributed by atoms with Gasteiger partial charge in [0, 0.05) is 22.1 Å². The molecule has 1 aliphatic heterocycles. The molecule has 6 nitrogen and oxygen atoms in total. The van der Waals surface area contributed by atoms with Crippen molar-refractivity contribution in [3.63, 3.8) is 0 Å². The molecular formula is C34H25F3N2O4S2. The first-order valence-electron chi connectivity index (χ1n) is 13.9. The van der Waals surface area contributed by atoms with Crippen LogP contribution in [-0.4, -0.2) is 23.4 Å². The molecule has 11 heteroatoms. The lowest BCUT2D eigenvalue weighted by Gasteiger charge is -2.26. The van der Waals surface area contributed by atoms with E-state index in [0.717, 1.165) is 28.4 Å². The van der Waals surface area contributed by atoms with E-state index in [0.29, 0.717) is 21.6 Å². The van der Waals surface area contributed by atoms with Crippen molar-refractivity contribution in [1.82, 2.24) is 4.57 Å². The number of thiazole rings is 1. The summed E-state index contributed by atoms with van der Waals surface area (Å²) in [6.45, 7) is 1.86. The summed E-state index contributed by atoms with van der Waals surface area (Å²) in [6, 6.07) is 24.0. The lowest BCUT2D eigenvalue weighted by molar-refractivity contribution is -0.139. The molecule has 1 atom stereocenters. The Morgan fingerprint density at radius 1 is 1.02 bits per heavy atom. The van der Waals surface area contributed by atoms with Crippen LogP contribution in [0.4, 0.5) is 13.2 Å². The number of aromatic nitrogens is 1. The maximum absolute atomic E-state index is 14.1. The quantitative estimate of drug-likeness (QED) is 0.142. The first-order valence-corrected chi connectivity index (χ1v) is 15.9. The minimum Gasteiger partial charge on any atom is -0.463 e. The Hall–Kier alpha value is -4.61. The molecular weight excluding hydrogens is 622 g/mol. The number of halogens is 3. The number of alkyl halides is 3. The van der Waals surface area contributed by atoms with Crippen LogP contribution < -0.4 is 14.9 Å². The number of hydrogen-bond donors (Lipinski definition) is 0. The average molecular weight is 647 g/mol. The Balaban J connectivity index is 1.52. The van der Waals surface area contributed by atoms with Gasteiger partial charge in [0.1, 0.15) is 11.5 Å². The molecule has 0 saturated carbocycles. The van der Waals surface area contributed by atoms with Gasteiger partial charge in [-0.2, -0.15) is 13.2 Å². The highest BCUT2D eigenvalue weighted by Gasteiger charge is 2.35. The summed E-state index contributed by atoms with van der Waals surface area (Å²) in [7, 11) is 0. The van der Waals surface area contributed by atoms with Gasteiger partial charge in [-0.05, 0) is 55.1 Å². The van der Waals surface area contributed by atoms with Crippen molar-refractivity contribution < 1.29 is 27.1 Å². The van der Waals surface area contributed by atoms with E-state index in [1.807, 2.05) is 60.9 Å². The molecule has 0 saturated heterocycles. The maximum atomic E-state index is 14.1. The van der Waals surface area contributed by atoms with E-state index in [-0.39, 0.29) is 33.8 Å². The van der Waals surface area contributed by atoms with Crippen molar-refractivity contribution in [3.05, 3.63) is 139 Å². The standard InChI is InChI=1S/C34H25F3N2O4S2/c1-3-42-32(41)28-29(20-8-5-4-6-9-20)38-33-39(30(28)21-12-15-25(44-2)16-13-21)31(40)27(45-33)19-24-14-17-26(43-24)22-10-7-11-23(18-22)34(35,36)37/h4-19,30H,3H2,1-2H3/b27-19-/t30-/m1/s1. The second-order valence-electron chi connectivity index (χ2n) is 9.99. The first kappa shape index (κ1) is 30.4. The van der Waals surface area contributed by atoms with Crippen molar-refractivity contribution in [2.24, 2.45) is 4.99 Å². The summed E-state index contributed by atoms with van der Waals surface area (Å²) in [5.41, 5.74) is 1.12. The number of furan rings is 1. The van der Waals surface area contributed by atoms with E-state index in [2.05, 4.69) is 0 Å². The molecule has 1 aliphatic rings. The highest BCUT2D eigenvalue weighted by atomic mass is 32.2. The zero-order valence-electron chi connectivity index (χ0n) is 24.0. The van der Waals surface area contributed by atoms with Crippen molar-refractivity contribution >= 4 is 40.8 Å². The van der Waals surface area contributed by atoms with Gasteiger partial charge in [-0.3, -0.25) is 9.36 Å². The number of ether oxygens (including phenoxy) is 1. The van der Waals surface area contributed by atoms with Gasteiger partial charge in [0.25, 0.3) is 5.56 Å². The van der Waals surface area contributed by atoms with Gasteiger partial charge in [-0.25, -0.2) is 9.79 Å². The number of nitrogens with zero attached hydrogens (tertiary/aromatic N) is 2. The van der Waals surface area contributed by atoms with E-state index in [4.69, 9.17) is 14.1 Å². The van der Waals surface area contributed by atoms with Crippen LogP contribution in [0.3, 0.4) is 0 Å². The zero-order chi connectivity index (χ0) is 31.7. The monoisotopic (exact) mass is 646 g/mol. The number of carbonyl (C=O) groups excluding carboxylic acids is 1. The smallest absolute Gasteiger partial charge is 0.416 e. The van der Waals surface area contributed by atoms with Gasteiger partial charge in [-0.15, -0.1) is 11.8 Å². The molecule has 0 amide bonds. The van der Waals surface area contributed by atoms with Crippen molar-refractivity contribution in [1.29, 1.82) is 0 Å². The van der Waals surface area contributed by atoms with Crippen LogP contribution >= 0.6 is 23.1 Å². The van der Waals surface area contributed by atoms with E-state index in [1.54, 1.807) is 30.8 Å². The lowest BCUT2D eigenvalue weighted by atomic mass is 9.93. The summed E-state index contributed by atoms with van der Waals surface area (Å²) in [6.07, 6.45) is -0.999. The summed E-state index contributed by atoms with van der Waals surface area (Å²) in [5, 5.41) is 0. The number of benzene rings is 3. The third-order valence-electron chi connectivity index (χ3n) is 7.18.